The highest BCUT2D eigenvalue weighted by molar-refractivity contribution is 6.37. The summed E-state index contributed by atoms with van der Waals surface area (Å²) in [7, 11) is 0. The largest absolute Gasteiger partial charge is 0.332 e. The van der Waals surface area contributed by atoms with Gasteiger partial charge in [-0.25, -0.2) is 9.69 Å². The summed E-state index contributed by atoms with van der Waals surface area (Å²) < 4.78 is 0. The lowest BCUT2D eigenvalue weighted by Gasteiger charge is -2.22. The molecule has 1 saturated heterocycles. The van der Waals surface area contributed by atoms with E-state index in [1.807, 2.05) is 13.8 Å². The Labute approximate surface area is 121 Å². The number of nitrogens with zero attached hydrogens (tertiary/aromatic N) is 2. The van der Waals surface area contributed by atoms with Crippen LogP contribution in [-0.2, 0) is 4.79 Å². The fourth-order valence-electron chi connectivity index (χ4n) is 1.98. The Kier molecular flexibility index (Phi) is 4.02. The molecule has 2 rings (SSSR count). The van der Waals surface area contributed by atoms with Crippen LogP contribution in [0, 0.1) is 0 Å². The second-order valence-electron chi connectivity index (χ2n) is 4.49. The number of hydrogen-bond donors (Lipinski definition) is 0. The number of anilines is 1. The van der Waals surface area contributed by atoms with Gasteiger partial charge in [0.2, 0.25) is 0 Å². The third-order valence-corrected chi connectivity index (χ3v) is 3.82. The van der Waals surface area contributed by atoms with Crippen molar-refractivity contribution in [3.63, 3.8) is 0 Å². The number of imide groups is 1. The molecular formula is C13H14Cl2N2O2. The predicted molar refractivity (Wildman–Crippen MR) is 75.8 cm³/mol. The van der Waals surface area contributed by atoms with Gasteiger partial charge in [-0.3, -0.25) is 4.79 Å². The Morgan fingerprint density at radius 1 is 1.32 bits per heavy atom. The lowest BCUT2D eigenvalue weighted by atomic mass is 10.2. The van der Waals surface area contributed by atoms with Gasteiger partial charge in [0.1, 0.15) is 6.54 Å². The summed E-state index contributed by atoms with van der Waals surface area (Å²) in [6.07, 6.45) is 0.788. The van der Waals surface area contributed by atoms with E-state index in [-0.39, 0.29) is 24.5 Å². The normalized spacial score (nSPS) is 17.3. The molecule has 0 aliphatic carbocycles. The highest BCUT2D eigenvalue weighted by Gasteiger charge is 2.39. The molecule has 0 radical (unpaired) electrons. The Morgan fingerprint density at radius 2 is 2.00 bits per heavy atom. The summed E-state index contributed by atoms with van der Waals surface area (Å²) in [5.41, 5.74) is 0.343. The van der Waals surface area contributed by atoms with Gasteiger partial charge < -0.3 is 4.90 Å². The number of amides is 3. The number of carbonyl (C=O) groups is 2. The molecule has 1 aromatic rings. The second kappa shape index (κ2) is 5.39. The highest BCUT2D eigenvalue weighted by atomic mass is 35.5. The zero-order valence-electron chi connectivity index (χ0n) is 10.7. The van der Waals surface area contributed by atoms with Crippen LogP contribution in [0.2, 0.25) is 10.0 Å². The summed E-state index contributed by atoms with van der Waals surface area (Å²) in [6.45, 7) is 3.96. The monoisotopic (exact) mass is 300 g/mol. The smallest absolute Gasteiger partial charge is 0.312 e. The minimum atomic E-state index is -0.344. The molecule has 1 unspecified atom stereocenters. The molecular weight excluding hydrogens is 287 g/mol. The highest BCUT2D eigenvalue weighted by Crippen LogP contribution is 2.32. The maximum absolute atomic E-state index is 12.3. The second-order valence-corrected chi connectivity index (χ2v) is 5.34. The lowest BCUT2D eigenvalue weighted by molar-refractivity contribution is -0.116. The first kappa shape index (κ1) is 14.2. The van der Waals surface area contributed by atoms with Crippen LogP contribution in [0.1, 0.15) is 20.3 Å². The topological polar surface area (TPSA) is 40.6 Å². The van der Waals surface area contributed by atoms with Crippen molar-refractivity contribution in [2.75, 3.05) is 11.4 Å². The van der Waals surface area contributed by atoms with Crippen LogP contribution in [0.25, 0.3) is 0 Å². The van der Waals surface area contributed by atoms with Crippen LogP contribution in [0.3, 0.4) is 0 Å². The van der Waals surface area contributed by atoms with Gasteiger partial charge in [-0.05, 0) is 31.5 Å². The first-order chi connectivity index (χ1) is 8.95. The zero-order chi connectivity index (χ0) is 14.2. The van der Waals surface area contributed by atoms with E-state index in [0.29, 0.717) is 15.7 Å². The van der Waals surface area contributed by atoms with E-state index in [9.17, 15) is 9.59 Å². The molecule has 1 aliphatic rings. The molecule has 102 valence electrons. The van der Waals surface area contributed by atoms with Gasteiger partial charge in [0.05, 0.1) is 10.7 Å². The van der Waals surface area contributed by atoms with Crippen LogP contribution in [0.5, 0.6) is 0 Å². The van der Waals surface area contributed by atoms with E-state index in [0.717, 1.165) is 11.3 Å². The first-order valence-corrected chi connectivity index (χ1v) is 6.80. The van der Waals surface area contributed by atoms with Gasteiger partial charge >= 0.3 is 6.03 Å². The fraction of sp³-hybridized carbons (Fsp3) is 0.385. The van der Waals surface area contributed by atoms with Gasteiger partial charge in [0.25, 0.3) is 5.91 Å². The van der Waals surface area contributed by atoms with Crippen molar-refractivity contribution in [1.82, 2.24) is 4.90 Å². The molecule has 0 aromatic heterocycles. The third kappa shape index (κ3) is 2.55. The standard InChI is InChI=1S/C13H14Cl2N2O2/c1-3-8(2)16-7-12(18)17(13(16)19)11-6-9(14)4-5-10(11)15/h4-6,8H,3,7H2,1-2H3. The van der Waals surface area contributed by atoms with Crippen molar-refractivity contribution in [3.05, 3.63) is 28.2 Å². The predicted octanol–water partition coefficient (Wildman–Crippen LogP) is 3.56. The summed E-state index contributed by atoms with van der Waals surface area (Å²) in [6, 6.07) is 4.39. The summed E-state index contributed by atoms with van der Waals surface area (Å²) in [4.78, 5) is 27.0. The van der Waals surface area contributed by atoms with Crippen molar-refractivity contribution in [1.29, 1.82) is 0 Å². The first-order valence-electron chi connectivity index (χ1n) is 6.04. The van der Waals surface area contributed by atoms with Crippen molar-refractivity contribution in [3.8, 4) is 0 Å². The number of hydrogen-bond acceptors (Lipinski definition) is 2. The lowest BCUT2D eigenvalue weighted by Crippen LogP contribution is -2.37. The molecule has 0 bridgehead atoms. The van der Waals surface area contributed by atoms with Gasteiger partial charge in [-0.15, -0.1) is 0 Å². The van der Waals surface area contributed by atoms with Crippen molar-refractivity contribution in [2.24, 2.45) is 0 Å². The zero-order valence-corrected chi connectivity index (χ0v) is 12.2. The van der Waals surface area contributed by atoms with Gasteiger partial charge in [0, 0.05) is 11.1 Å². The molecule has 1 aliphatic heterocycles. The van der Waals surface area contributed by atoms with Crippen LogP contribution in [0.4, 0.5) is 10.5 Å². The van der Waals surface area contributed by atoms with Gasteiger partial charge in [-0.1, -0.05) is 30.1 Å². The van der Waals surface area contributed by atoms with E-state index in [1.54, 1.807) is 17.0 Å². The Hall–Kier alpha value is -1.26. The summed E-state index contributed by atoms with van der Waals surface area (Å²) in [5, 5.41) is 0.763. The Morgan fingerprint density at radius 3 is 2.63 bits per heavy atom. The number of urea groups is 1. The van der Waals surface area contributed by atoms with Crippen LogP contribution in [-0.4, -0.2) is 29.4 Å². The van der Waals surface area contributed by atoms with Crippen molar-refractivity contribution >= 4 is 40.8 Å². The molecule has 6 heteroatoms. The molecule has 0 saturated carbocycles. The molecule has 1 fully saturated rings. The molecule has 19 heavy (non-hydrogen) atoms. The maximum Gasteiger partial charge on any atom is 0.332 e. The quantitative estimate of drug-likeness (QED) is 0.801. The average molecular weight is 301 g/mol. The summed E-state index contributed by atoms with van der Waals surface area (Å²) in [5.74, 6) is -0.283. The molecule has 1 heterocycles. The van der Waals surface area contributed by atoms with Crippen molar-refractivity contribution in [2.45, 2.75) is 26.3 Å². The Balaban J connectivity index is 2.38. The summed E-state index contributed by atoms with van der Waals surface area (Å²) >= 11 is 11.9. The Bertz CT molecular complexity index is 533. The molecule has 3 amide bonds. The van der Waals surface area contributed by atoms with Gasteiger partial charge in [-0.2, -0.15) is 0 Å². The molecule has 4 nitrogen and oxygen atoms in total. The van der Waals surface area contributed by atoms with E-state index < -0.39 is 0 Å². The van der Waals surface area contributed by atoms with Crippen LogP contribution in [0.15, 0.2) is 18.2 Å². The molecule has 0 N–H and O–H groups in total. The minimum absolute atomic E-state index is 0.0133. The van der Waals surface area contributed by atoms with Crippen LogP contribution >= 0.6 is 23.2 Å². The molecule has 1 atom stereocenters. The van der Waals surface area contributed by atoms with E-state index in [1.165, 1.54) is 6.07 Å². The maximum atomic E-state index is 12.3. The fourth-order valence-corrected chi connectivity index (χ4v) is 2.35. The van der Waals surface area contributed by atoms with E-state index >= 15 is 0 Å². The third-order valence-electron chi connectivity index (χ3n) is 3.26. The van der Waals surface area contributed by atoms with Crippen molar-refractivity contribution < 1.29 is 9.59 Å². The van der Waals surface area contributed by atoms with E-state index in [2.05, 4.69) is 0 Å². The molecule has 0 spiro atoms. The SMILES string of the molecule is CCC(C)N1CC(=O)N(c2cc(Cl)ccc2Cl)C1=O. The van der Waals surface area contributed by atoms with Crippen LogP contribution < -0.4 is 4.90 Å². The average Bonchev–Trinajstić information content (AvgIpc) is 2.67. The number of benzene rings is 1. The van der Waals surface area contributed by atoms with Gasteiger partial charge in [0.15, 0.2) is 0 Å². The van der Waals surface area contributed by atoms with E-state index in [4.69, 9.17) is 23.2 Å². The number of rotatable bonds is 3. The molecule has 1 aromatic carbocycles. The number of carbonyl (C=O) groups excluding carboxylic acids is 2. The number of halogens is 2. The minimum Gasteiger partial charge on any atom is -0.312 e.